The predicted molar refractivity (Wildman–Crippen MR) is 75.2 cm³/mol. The Hall–Kier alpha value is -1.86. The highest BCUT2D eigenvalue weighted by Gasteiger charge is 2.21. The zero-order valence-electron chi connectivity index (χ0n) is 10.6. The van der Waals surface area contributed by atoms with Crippen molar-refractivity contribution in [3.05, 3.63) is 46.2 Å². The molecule has 5 nitrogen and oxygen atoms in total. The molecular weight excluding hydrogens is 300 g/mol. The van der Waals surface area contributed by atoms with Gasteiger partial charge in [0.2, 0.25) is 0 Å². The molecule has 0 saturated carbocycles. The molecule has 7 heteroatoms. The van der Waals surface area contributed by atoms with Crippen LogP contribution >= 0.6 is 11.3 Å². The smallest absolute Gasteiger partial charge is 0.345 e. The van der Waals surface area contributed by atoms with E-state index in [9.17, 15) is 13.2 Å². The van der Waals surface area contributed by atoms with Gasteiger partial charge in [-0.25, -0.2) is 13.2 Å². The van der Waals surface area contributed by atoms with Crippen molar-refractivity contribution >= 4 is 27.1 Å². The summed E-state index contributed by atoms with van der Waals surface area (Å²) in [4.78, 5) is 11.5. The molecule has 2 aromatic rings. The molecule has 0 saturated heterocycles. The minimum absolute atomic E-state index is 0.104. The molecule has 0 spiro atoms. The third-order valence-electron chi connectivity index (χ3n) is 2.61. The molecule has 0 amide bonds. The van der Waals surface area contributed by atoms with E-state index >= 15 is 0 Å². The van der Waals surface area contributed by atoms with Gasteiger partial charge < -0.3 is 9.84 Å². The molecule has 0 fully saturated rings. The third kappa shape index (κ3) is 3.00. The second-order valence-electron chi connectivity index (χ2n) is 3.98. The Balaban J connectivity index is 2.33. The maximum atomic E-state index is 12.3. The van der Waals surface area contributed by atoms with Crippen molar-refractivity contribution in [2.24, 2.45) is 0 Å². The van der Waals surface area contributed by atoms with E-state index in [0.717, 1.165) is 11.3 Å². The van der Waals surface area contributed by atoms with Crippen molar-refractivity contribution < 1.29 is 23.1 Å². The minimum Gasteiger partial charge on any atom is -0.495 e. The number of ether oxygens (including phenoxy) is 1. The number of carboxylic acids is 1. The van der Waals surface area contributed by atoms with Gasteiger partial charge in [-0.15, -0.1) is 11.3 Å². The number of methoxy groups -OCH3 is 1. The Labute approximate surface area is 120 Å². The lowest BCUT2D eigenvalue weighted by atomic mass is 10.3. The van der Waals surface area contributed by atoms with Gasteiger partial charge in [-0.05, 0) is 24.3 Å². The van der Waals surface area contributed by atoms with Crippen molar-refractivity contribution in [2.45, 2.75) is 10.6 Å². The number of sulfone groups is 1. The lowest BCUT2D eigenvalue weighted by Gasteiger charge is -2.08. The molecule has 0 aliphatic heterocycles. The molecule has 1 heterocycles. The van der Waals surface area contributed by atoms with Gasteiger partial charge in [0, 0.05) is 4.88 Å². The highest BCUT2D eigenvalue weighted by atomic mass is 32.2. The van der Waals surface area contributed by atoms with E-state index in [2.05, 4.69) is 0 Å². The van der Waals surface area contributed by atoms with Gasteiger partial charge in [0.05, 0.1) is 12.9 Å². The molecule has 0 aliphatic carbocycles. The molecule has 1 N–H and O–H groups in total. The van der Waals surface area contributed by atoms with Crippen molar-refractivity contribution in [3.63, 3.8) is 0 Å². The lowest BCUT2D eigenvalue weighted by molar-refractivity contribution is 0.0702. The van der Waals surface area contributed by atoms with Crippen LogP contribution in [-0.2, 0) is 15.6 Å². The number of aromatic carboxylic acids is 1. The zero-order valence-corrected chi connectivity index (χ0v) is 12.2. The van der Waals surface area contributed by atoms with Gasteiger partial charge >= 0.3 is 5.97 Å². The average molecular weight is 312 g/mol. The summed E-state index contributed by atoms with van der Waals surface area (Å²) in [5.41, 5.74) is 0. The second kappa shape index (κ2) is 5.64. The van der Waals surface area contributed by atoms with Crippen molar-refractivity contribution in [1.82, 2.24) is 0 Å². The van der Waals surface area contributed by atoms with E-state index in [1.165, 1.54) is 25.3 Å². The van der Waals surface area contributed by atoms with Crippen molar-refractivity contribution in [2.75, 3.05) is 7.11 Å². The van der Waals surface area contributed by atoms with Crippen LogP contribution in [0.15, 0.2) is 41.3 Å². The average Bonchev–Trinajstić information content (AvgIpc) is 2.86. The van der Waals surface area contributed by atoms with Crippen molar-refractivity contribution in [3.8, 4) is 5.75 Å². The minimum atomic E-state index is -3.58. The summed E-state index contributed by atoms with van der Waals surface area (Å²) in [6, 6.07) is 9.27. The maximum absolute atomic E-state index is 12.3. The first-order chi connectivity index (χ1) is 9.44. The fourth-order valence-electron chi connectivity index (χ4n) is 1.71. The molecule has 2 rings (SSSR count). The quantitative estimate of drug-likeness (QED) is 0.917. The normalized spacial score (nSPS) is 11.2. The van der Waals surface area contributed by atoms with Crippen LogP contribution in [0.3, 0.4) is 0 Å². The Bertz CT molecular complexity index is 731. The fraction of sp³-hybridized carbons (Fsp3) is 0.154. The van der Waals surface area contributed by atoms with Crippen LogP contribution in [0.2, 0.25) is 0 Å². The summed E-state index contributed by atoms with van der Waals surface area (Å²) < 4.78 is 29.7. The number of carboxylic acid groups (broad SMARTS) is 1. The first-order valence-electron chi connectivity index (χ1n) is 5.62. The molecule has 0 atom stereocenters. The van der Waals surface area contributed by atoms with E-state index in [-0.39, 0.29) is 21.3 Å². The predicted octanol–water partition coefficient (Wildman–Crippen LogP) is 2.43. The van der Waals surface area contributed by atoms with Crippen LogP contribution in [0.25, 0.3) is 0 Å². The van der Waals surface area contributed by atoms with Gasteiger partial charge in [0.25, 0.3) is 0 Å². The molecule has 106 valence electrons. The molecule has 0 bridgehead atoms. The van der Waals surface area contributed by atoms with Crippen LogP contribution < -0.4 is 4.74 Å². The Morgan fingerprint density at radius 2 is 1.95 bits per heavy atom. The van der Waals surface area contributed by atoms with Crippen LogP contribution in [0, 0.1) is 0 Å². The van der Waals surface area contributed by atoms with Gasteiger partial charge in [0.15, 0.2) is 9.84 Å². The van der Waals surface area contributed by atoms with Gasteiger partial charge in [0.1, 0.15) is 15.5 Å². The van der Waals surface area contributed by atoms with Crippen LogP contribution in [-0.4, -0.2) is 26.6 Å². The number of thiophene rings is 1. The number of rotatable bonds is 5. The van der Waals surface area contributed by atoms with E-state index in [1.807, 2.05) is 0 Å². The number of hydrogen-bond acceptors (Lipinski definition) is 5. The molecule has 0 unspecified atom stereocenters. The molecule has 0 radical (unpaired) electrons. The van der Waals surface area contributed by atoms with Gasteiger partial charge in [-0.1, -0.05) is 12.1 Å². The lowest BCUT2D eigenvalue weighted by Crippen LogP contribution is -2.05. The number of para-hydroxylation sites is 1. The Kier molecular flexibility index (Phi) is 4.10. The van der Waals surface area contributed by atoms with Gasteiger partial charge in [-0.2, -0.15) is 0 Å². The molecule has 1 aromatic carbocycles. The van der Waals surface area contributed by atoms with Crippen LogP contribution in [0.5, 0.6) is 5.75 Å². The molecule has 20 heavy (non-hydrogen) atoms. The third-order valence-corrected chi connectivity index (χ3v) is 5.56. The topological polar surface area (TPSA) is 80.7 Å². The fourth-order valence-corrected chi connectivity index (χ4v) is 4.42. The number of carbonyl (C=O) groups is 1. The highest BCUT2D eigenvalue weighted by molar-refractivity contribution is 7.90. The summed E-state index contributed by atoms with van der Waals surface area (Å²) in [5, 5.41) is 8.84. The molecule has 0 aliphatic rings. The monoisotopic (exact) mass is 312 g/mol. The van der Waals surface area contributed by atoms with Crippen molar-refractivity contribution in [1.29, 1.82) is 0 Å². The van der Waals surface area contributed by atoms with E-state index in [0.29, 0.717) is 4.88 Å². The highest BCUT2D eigenvalue weighted by Crippen LogP contribution is 2.28. The number of hydrogen-bond donors (Lipinski definition) is 1. The zero-order chi connectivity index (χ0) is 14.8. The molecule has 1 aromatic heterocycles. The summed E-state index contributed by atoms with van der Waals surface area (Å²) >= 11 is 0.956. The maximum Gasteiger partial charge on any atom is 0.345 e. The Morgan fingerprint density at radius 1 is 1.25 bits per heavy atom. The second-order valence-corrected chi connectivity index (χ2v) is 7.11. The van der Waals surface area contributed by atoms with Crippen LogP contribution in [0.1, 0.15) is 14.5 Å². The van der Waals surface area contributed by atoms with E-state index in [4.69, 9.17) is 9.84 Å². The Morgan fingerprint density at radius 3 is 2.55 bits per heavy atom. The van der Waals surface area contributed by atoms with Crippen LogP contribution in [0.4, 0.5) is 0 Å². The summed E-state index contributed by atoms with van der Waals surface area (Å²) in [7, 11) is -2.17. The summed E-state index contributed by atoms with van der Waals surface area (Å²) in [6.45, 7) is 0. The van der Waals surface area contributed by atoms with E-state index < -0.39 is 15.8 Å². The summed E-state index contributed by atoms with van der Waals surface area (Å²) in [5.74, 6) is -1.02. The summed E-state index contributed by atoms with van der Waals surface area (Å²) in [6.07, 6.45) is 0. The first-order valence-corrected chi connectivity index (χ1v) is 8.08. The largest absolute Gasteiger partial charge is 0.495 e. The first kappa shape index (κ1) is 14.5. The number of benzene rings is 1. The van der Waals surface area contributed by atoms with E-state index in [1.54, 1.807) is 18.2 Å². The standard InChI is InChI=1S/C13H12O5S2/c1-18-10-4-2-3-5-12(10)20(16,17)8-9-6-7-11(19-9)13(14)15/h2-7H,8H2,1H3,(H,14,15). The molecular formula is C13H12O5S2. The SMILES string of the molecule is COc1ccccc1S(=O)(=O)Cc1ccc(C(=O)O)s1. The van der Waals surface area contributed by atoms with Gasteiger partial charge in [-0.3, -0.25) is 0 Å².